The first-order valence-electron chi connectivity index (χ1n) is 8.68. The van der Waals surface area contributed by atoms with Crippen LogP contribution < -0.4 is 4.90 Å². The number of para-hydroxylation sites is 2. The molecule has 0 saturated heterocycles. The van der Waals surface area contributed by atoms with Gasteiger partial charge in [0.1, 0.15) is 10.9 Å². The second-order valence-electron chi connectivity index (χ2n) is 5.98. The molecule has 0 fully saturated rings. The van der Waals surface area contributed by atoms with Crippen molar-refractivity contribution in [2.45, 2.75) is 18.9 Å². The van der Waals surface area contributed by atoms with Crippen molar-refractivity contribution in [1.29, 1.82) is 0 Å². The van der Waals surface area contributed by atoms with E-state index in [0.29, 0.717) is 18.1 Å². The number of fused-ring (bicyclic) bond motifs is 2. The highest BCUT2D eigenvalue weighted by Crippen LogP contribution is 2.30. The number of amides is 1. The average molecular weight is 395 g/mol. The van der Waals surface area contributed by atoms with E-state index in [9.17, 15) is 4.79 Å². The maximum Gasteiger partial charge on any atom is 0.239 e. The topological polar surface area (TPSA) is 59.0 Å². The first kappa shape index (κ1) is 17.9. The molecule has 4 rings (SSSR count). The molecule has 0 aliphatic carbocycles. The number of carbonyl (C=O) groups is 1. The summed E-state index contributed by atoms with van der Waals surface area (Å²) in [5.41, 5.74) is 1.83. The third-order valence-electron chi connectivity index (χ3n) is 4.14. The zero-order valence-electron chi connectivity index (χ0n) is 15.0. The van der Waals surface area contributed by atoms with Gasteiger partial charge >= 0.3 is 0 Å². The molecule has 0 N–H and O–H groups in total. The maximum atomic E-state index is 12.9. The molecule has 0 unspecified atom stereocenters. The van der Waals surface area contributed by atoms with E-state index in [-0.39, 0.29) is 5.91 Å². The fraction of sp³-hybridized carbons (Fsp3) is 0.200. The van der Waals surface area contributed by atoms with Crippen LogP contribution >= 0.6 is 23.1 Å². The number of nitrogens with zero attached hydrogens (tertiary/aromatic N) is 4. The third-order valence-corrected chi connectivity index (χ3v) is 6.18. The Morgan fingerprint density at radius 3 is 2.56 bits per heavy atom. The van der Waals surface area contributed by atoms with Gasteiger partial charge in [-0.25, -0.2) is 15.0 Å². The Bertz CT molecular complexity index is 1090. The first-order chi connectivity index (χ1) is 13.2. The van der Waals surface area contributed by atoms with Gasteiger partial charge in [0, 0.05) is 11.9 Å². The number of rotatable bonds is 5. The van der Waals surface area contributed by atoms with Crippen LogP contribution in [0.1, 0.15) is 12.7 Å². The predicted octanol–water partition coefficient (Wildman–Crippen LogP) is 4.69. The lowest BCUT2D eigenvalue weighted by atomic mass is 10.2. The minimum atomic E-state index is 0.0295. The normalized spacial score (nSPS) is 11.2. The number of aryl methyl sites for hydroxylation is 1. The number of thioether (sulfide) groups is 1. The van der Waals surface area contributed by atoms with Gasteiger partial charge in [0.2, 0.25) is 5.91 Å². The number of hydrogen-bond acceptors (Lipinski definition) is 6. The molecule has 0 atom stereocenters. The molecule has 2 aromatic heterocycles. The van der Waals surface area contributed by atoms with Gasteiger partial charge in [0.05, 0.1) is 21.5 Å². The quantitative estimate of drug-likeness (QED) is 0.363. The Hall–Kier alpha value is -2.51. The number of hydrogen-bond donors (Lipinski definition) is 0. The van der Waals surface area contributed by atoms with E-state index >= 15 is 0 Å². The van der Waals surface area contributed by atoms with Crippen LogP contribution in [-0.4, -0.2) is 33.2 Å². The molecule has 136 valence electrons. The van der Waals surface area contributed by atoms with Gasteiger partial charge in [-0.15, -0.1) is 0 Å². The van der Waals surface area contributed by atoms with Crippen molar-refractivity contribution in [3.05, 3.63) is 54.4 Å². The second kappa shape index (κ2) is 7.62. The SMILES string of the molecule is CCN(C(=O)CSc1nc(C)nc2ccccc12)c1nc2ccccc2s1. The van der Waals surface area contributed by atoms with Crippen LogP contribution in [0.25, 0.3) is 21.1 Å². The van der Waals surface area contributed by atoms with Gasteiger partial charge in [-0.05, 0) is 32.0 Å². The number of benzene rings is 2. The van der Waals surface area contributed by atoms with Crippen molar-refractivity contribution >= 4 is 55.3 Å². The monoisotopic (exact) mass is 394 g/mol. The summed E-state index contributed by atoms with van der Waals surface area (Å²) in [5.74, 6) is 1.05. The zero-order valence-corrected chi connectivity index (χ0v) is 16.7. The average Bonchev–Trinajstić information content (AvgIpc) is 3.10. The fourth-order valence-electron chi connectivity index (χ4n) is 2.87. The predicted molar refractivity (Wildman–Crippen MR) is 113 cm³/mol. The molecule has 7 heteroatoms. The lowest BCUT2D eigenvalue weighted by Gasteiger charge is -2.17. The molecule has 1 amide bonds. The molecular formula is C20H18N4OS2. The van der Waals surface area contributed by atoms with E-state index in [1.54, 1.807) is 16.2 Å². The van der Waals surface area contributed by atoms with Crippen LogP contribution in [0.4, 0.5) is 5.13 Å². The zero-order chi connectivity index (χ0) is 18.8. The van der Waals surface area contributed by atoms with E-state index in [4.69, 9.17) is 0 Å². The first-order valence-corrected chi connectivity index (χ1v) is 10.5. The molecule has 5 nitrogen and oxygen atoms in total. The Morgan fingerprint density at radius 2 is 1.78 bits per heavy atom. The van der Waals surface area contributed by atoms with E-state index in [1.165, 1.54) is 11.8 Å². The van der Waals surface area contributed by atoms with E-state index in [0.717, 1.165) is 31.3 Å². The van der Waals surface area contributed by atoms with Crippen molar-refractivity contribution in [3.8, 4) is 0 Å². The van der Waals surface area contributed by atoms with Gasteiger partial charge in [-0.1, -0.05) is 53.4 Å². The van der Waals surface area contributed by atoms with E-state index in [1.807, 2.05) is 62.4 Å². The summed E-state index contributed by atoms with van der Waals surface area (Å²) in [6.45, 7) is 4.43. The summed E-state index contributed by atoms with van der Waals surface area (Å²) >= 11 is 3.00. The molecule has 2 heterocycles. The van der Waals surface area contributed by atoms with Gasteiger partial charge in [0.15, 0.2) is 5.13 Å². The van der Waals surface area contributed by atoms with Crippen LogP contribution in [0.2, 0.25) is 0 Å². The van der Waals surface area contributed by atoms with Gasteiger partial charge in [-0.2, -0.15) is 0 Å². The van der Waals surface area contributed by atoms with Crippen LogP contribution in [0.3, 0.4) is 0 Å². The minimum Gasteiger partial charge on any atom is -0.288 e. The summed E-state index contributed by atoms with van der Waals surface area (Å²) in [7, 11) is 0. The van der Waals surface area contributed by atoms with Crippen LogP contribution in [0.5, 0.6) is 0 Å². The summed E-state index contributed by atoms with van der Waals surface area (Å²) in [6, 6.07) is 15.8. The third kappa shape index (κ3) is 3.65. The minimum absolute atomic E-state index is 0.0295. The van der Waals surface area contributed by atoms with Crippen molar-refractivity contribution in [2.75, 3.05) is 17.2 Å². The molecule has 2 aromatic carbocycles. The summed E-state index contributed by atoms with van der Waals surface area (Å²) in [5, 5.41) is 2.56. The Kier molecular flexibility index (Phi) is 5.05. The standard InChI is InChI=1S/C20H18N4OS2/c1-3-24(20-23-16-10-6-7-11-17(16)27-20)18(25)12-26-19-14-8-4-5-9-15(14)21-13(2)22-19/h4-11H,3,12H2,1-2H3. The molecule has 0 aliphatic heterocycles. The second-order valence-corrected chi connectivity index (χ2v) is 7.96. The highest BCUT2D eigenvalue weighted by molar-refractivity contribution is 8.00. The molecule has 0 radical (unpaired) electrons. The van der Waals surface area contributed by atoms with E-state index < -0.39 is 0 Å². The lowest BCUT2D eigenvalue weighted by Crippen LogP contribution is -2.32. The smallest absolute Gasteiger partial charge is 0.239 e. The van der Waals surface area contributed by atoms with E-state index in [2.05, 4.69) is 15.0 Å². The number of anilines is 1. The van der Waals surface area contributed by atoms with Crippen molar-refractivity contribution in [1.82, 2.24) is 15.0 Å². The summed E-state index contributed by atoms with van der Waals surface area (Å²) in [6.07, 6.45) is 0. The number of carbonyl (C=O) groups excluding carboxylic acids is 1. The Balaban J connectivity index is 1.56. The Morgan fingerprint density at radius 1 is 1.04 bits per heavy atom. The molecule has 27 heavy (non-hydrogen) atoms. The highest BCUT2D eigenvalue weighted by atomic mass is 32.2. The Labute approximate surface area is 165 Å². The van der Waals surface area contributed by atoms with Crippen LogP contribution in [0, 0.1) is 6.92 Å². The largest absolute Gasteiger partial charge is 0.288 e. The van der Waals surface area contributed by atoms with Gasteiger partial charge in [-0.3, -0.25) is 9.69 Å². The van der Waals surface area contributed by atoms with Crippen molar-refractivity contribution in [2.24, 2.45) is 0 Å². The maximum absolute atomic E-state index is 12.9. The summed E-state index contributed by atoms with van der Waals surface area (Å²) in [4.78, 5) is 28.2. The molecule has 0 spiro atoms. The fourth-order valence-corrected chi connectivity index (χ4v) is 4.86. The molecule has 0 aliphatic rings. The van der Waals surface area contributed by atoms with Gasteiger partial charge in [0.25, 0.3) is 0 Å². The molecule has 0 bridgehead atoms. The van der Waals surface area contributed by atoms with Crippen LogP contribution in [-0.2, 0) is 4.79 Å². The van der Waals surface area contributed by atoms with Crippen molar-refractivity contribution < 1.29 is 4.79 Å². The van der Waals surface area contributed by atoms with Gasteiger partial charge < -0.3 is 0 Å². The van der Waals surface area contributed by atoms with Crippen LogP contribution in [0.15, 0.2) is 53.6 Å². The number of aromatic nitrogens is 3. The molecular weight excluding hydrogens is 376 g/mol. The summed E-state index contributed by atoms with van der Waals surface area (Å²) < 4.78 is 1.09. The lowest BCUT2D eigenvalue weighted by molar-refractivity contribution is -0.116. The molecule has 0 saturated carbocycles. The molecule has 4 aromatic rings. The van der Waals surface area contributed by atoms with Crippen molar-refractivity contribution in [3.63, 3.8) is 0 Å². The number of thiazole rings is 1. The highest BCUT2D eigenvalue weighted by Gasteiger charge is 2.19.